The van der Waals surface area contributed by atoms with Gasteiger partial charge in [0.2, 0.25) is 0 Å². The van der Waals surface area contributed by atoms with Crippen molar-refractivity contribution >= 4 is 0 Å². The van der Waals surface area contributed by atoms with Gasteiger partial charge in [-0.05, 0) is 39.0 Å². The van der Waals surface area contributed by atoms with E-state index in [0.29, 0.717) is 11.8 Å². The molecule has 90 valence electrons. The molecule has 1 heterocycles. The maximum Gasteiger partial charge on any atom is 0.0869 e. The molecule has 15 heavy (non-hydrogen) atoms. The summed E-state index contributed by atoms with van der Waals surface area (Å²) in [7, 11) is 0. The first-order chi connectivity index (χ1) is 6.81. The SMILES string of the molecule is CC(C)C(OC(C)(C)C)C1OCCC1C. The Kier molecular flexibility index (Phi) is 4.19. The summed E-state index contributed by atoms with van der Waals surface area (Å²) < 4.78 is 11.9. The molecule has 0 amide bonds. The van der Waals surface area contributed by atoms with Crippen molar-refractivity contribution in [2.24, 2.45) is 11.8 Å². The van der Waals surface area contributed by atoms with Gasteiger partial charge in [0.15, 0.2) is 0 Å². The monoisotopic (exact) mass is 214 g/mol. The predicted molar refractivity (Wildman–Crippen MR) is 63.0 cm³/mol. The van der Waals surface area contributed by atoms with E-state index in [9.17, 15) is 0 Å². The summed E-state index contributed by atoms with van der Waals surface area (Å²) in [6.07, 6.45) is 1.67. The number of rotatable bonds is 3. The van der Waals surface area contributed by atoms with Gasteiger partial charge < -0.3 is 9.47 Å². The molecule has 1 saturated heterocycles. The lowest BCUT2D eigenvalue weighted by Gasteiger charge is -2.35. The first kappa shape index (κ1) is 13.0. The summed E-state index contributed by atoms with van der Waals surface area (Å²) in [6.45, 7) is 13.9. The summed E-state index contributed by atoms with van der Waals surface area (Å²) in [6, 6.07) is 0. The van der Waals surface area contributed by atoms with E-state index in [4.69, 9.17) is 9.47 Å². The van der Waals surface area contributed by atoms with Crippen LogP contribution in [0.2, 0.25) is 0 Å². The average molecular weight is 214 g/mol. The molecule has 1 fully saturated rings. The maximum atomic E-state index is 6.13. The van der Waals surface area contributed by atoms with Gasteiger partial charge in [0.05, 0.1) is 17.8 Å². The Morgan fingerprint density at radius 2 is 1.87 bits per heavy atom. The number of ether oxygens (including phenoxy) is 2. The Hall–Kier alpha value is -0.0800. The molecule has 0 saturated carbocycles. The molecule has 0 radical (unpaired) electrons. The van der Waals surface area contributed by atoms with Crippen molar-refractivity contribution in [1.29, 1.82) is 0 Å². The van der Waals surface area contributed by atoms with Crippen molar-refractivity contribution in [2.45, 2.75) is 65.8 Å². The summed E-state index contributed by atoms with van der Waals surface area (Å²) in [5.74, 6) is 1.13. The van der Waals surface area contributed by atoms with Gasteiger partial charge in [-0.15, -0.1) is 0 Å². The molecule has 0 aromatic heterocycles. The molecule has 1 rings (SSSR count). The normalized spacial score (nSPS) is 29.8. The molecule has 0 N–H and O–H groups in total. The van der Waals surface area contributed by atoms with Crippen molar-refractivity contribution in [3.05, 3.63) is 0 Å². The van der Waals surface area contributed by atoms with Crippen molar-refractivity contribution in [3.8, 4) is 0 Å². The first-order valence-electron chi connectivity index (χ1n) is 6.10. The van der Waals surface area contributed by atoms with Crippen LogP contribution in [0.5, 0.6) is 0 Å². The fourth-order valence-electron chi connectivity index (χ4n) is 2.13. The Labute approximate surface area is 94.3 Å². The van der Waals surface area contributed by atoms with Gasteiger partial charge in [0.25, 0.3) is 0 Å². The van der Waals surface area contributed by atoms with E-state index in [0.717, 1.165) is 6.61 Å². The predicted octanol–water partition coefficient (Wildman–Crippen LogP) is 3.25. The van der Waals surface area contributed by atoms with Gasteiger partial charge in [-0.2, -0.15) is 0 Å². The minimum absolute atomic E-state index is 0.0827. The van der Waals surface area contributed by atoms with E-state index in [-0.39, 0.29) is 17.8 Å². The highest BCUT2D eigenvalue weighted by molar-refractivity contribution is 4.84. The Balaban J connectivity index is 2.65. The molecule has 1 aliphatic rings. The molecular formula is C13H26O2. The summed E-state index contributed by atoms with van der Waals surface area (Å²) in [5.41, 5.74) is -0.0827. The summed E-state index contributed by atoms with van der Waals surface area (Å²) in [5, 5.41) is 0. The molecule has 3 unspecified atom stereocenters. The fraction of sp³-hybridized carbons (Fsp3) is 1.00. The molecule has 3 atom stereocenters. The standard InChI is InChI=1S/C13H26O2/c1-9(2)11(15-13(4,5)6)12-10(3)7-8-14-12/h9-12H,7-8H2,1-6H3. The van der Waals surface area contributed by atoms with Gasteiger partial charge in [-0.3, -0.25) is 0 Å². The van der Waals surface area contributed by atoms with Crippen molar-refractivity contribution in [2.75, 3.05) is 6.61 Å². The molecule has 0 aliphatic carbocycles. The van der Waals surface area contributed by atoms with Gasteiger partial charge in [-0.25, -0.2) is 0 Å². The lowest BCUT2D eigenvalue weighted by Crippen LogP contribution is -2.41. The Bertz CT molecular complexity index is 193. The van der Waals surface area contributed by atoms with Crippen molar-refractivity contribution in [1.82, 2.24) is 0 Å². The average Bonchev–Trinajstić information content (AvgIpc) is 2.45. The van der Waals surface area contributed by atoms with Gasteiger partial charge in [0, 0.05) is 6.61 Å². The van der Waals surface area contributed by atoms with Crippen LogP contribution in [0.25, 0.3) is 0 Å². The molecule has 0 aromatic carbocycles. The van der Waals surface area contributed by atoms with Gasteiger partial charge in [0.1, 0.15) is 0 Å². The molecule has 0 aromatic rings. The lowest BCUT2D eigenvalue weighted by molar-refractivity contribution is -0.140. The Morgan fingerprint density at radius 1 is 1.27 bits per heavy atom. The highest BCUT2D eigenvalue weighted by atomic mass is 16.6. The highest BCUT2D eigenvalue weighted by Gasteiger charge is 2.36. The third-order valence-electron chi connectivity index (χ3n) is 2.91. The largest absolute Gasteiger partial charge is 0.375 e. The second-order valence-corrected chi connectivity index (χ2v) is 6.04. The zero-order chi connectivity index (χ0) is 11.6. The molecule has 2 heteroatoms. The van der Waals surface area contributed by atoms with Crippen LogP contribution in [0, 0.1) is 11.8 Å². The molecule has 1 aliphatic heterocycles. The lowest BCUT2D eigenvalue weighted by atomic mass is 9.92. The molecular weight excluding hydrogens is 188 g/mol. The zero-order valence-electron chi connectivity index (χ0n) is 11.0. The minimum atomic E-state index is -0.0827. The zero-order valence-corrected chi connectivity index (χ0v) is 11.0. The molecule has 0 bridgehead atoms. The van der Waals surface area contributed by atoms with Gasteiger partial charge in [-0.1, -0.05) is 20.8 Å². The third-order valence-corrected chi connectivity index (χ3v) is 2.91. The van der Waals surface area contributed by atoms with E-state index in [2.05, 4.69) is 41.5 Å². The summed E-state index contributed by atoms with van der Waals surface area (Å²) in [4.78, 5) is 0. The van der Waals surface area contributed by atoms with E-state index in [1.807, 2.05) is 0 Å². The van der Waals surface area contributed by atoms with Crippen LogP contribution in [0.4, 0.5) is 0 Å². The van der Waals surface area contributed by atoms with Gasteiger partial charge >= 0.3 is 0 Å². The van der Waals surface area contributed by atoms with Crippen LogP contribution >= 0.6 is 0 Å². The van der Waals surface area contributed by atoms with E-state index < -0.39 is 0 Å². The van der Waals surface area contributed by atoms with Crippen LogP contribution in [0.1, 0.15) is 48.0 Å². The maximum absolute atomic E-state index is 6.13. The second-order valence-electron chi connectivity index (χ2n) is 6.04. The second kappa shape index (κ2) is 4.84. The van der Waals surface area contributed by atoms with E-state index in [1.165, 1.54) is 6.42 Å². The third kappa shape index (κ3) is 3.76. The van der Waals surface area contributed by atoms with Crippen molar-refractivity contribution in [3.63, 3.8) is 0 Å². The smallest absolute Gasteiger partial charge is 0.0869 e. The number of hydrogen-bond acceptors (Lipinski definition) is 2. The fourth-order valence-corrected chi connectivity index (χ4v) is 2.13. The first-order valence-corrected chi connectivity index (χ1v) is 6.10. The van der Waals surface area contributed by atoms with Crippen molar-refractivity contribution < 1.29 is 9.47 Å². The summed E-state index contributed by atoms with van der Waals surface area (Å²) >= 11 is 0. The van der Waals surface area contributed by atoms with Crippen LogP contribution < -0.4 is 0 Å². The number of hydrogen-bond donors (Lipinski definition) is 0. The van der Waals surface area contributed by atoms with Crippen LogP contribution in [0.3, 0.4) is 0 Å². The van der Waals surface area contributed by atoms with Crippen LogP contribution in [-0.2, 0) is 9.47 Å². The topological polar surface area (TPSA) is 18.5 Å². The molecule has 2 nitrogen and oxygen atoms in total. The van der Waals surface area contributed by atoms with E-state index in [1.54, 1.807) is 0 Å². The van der Waals surface area contributed by atoms with Crippen LogP contribution in [0.15, 0.2) is 0 Å². The Morgan fingerprint density at radius 3 is 2.20 bits per heavy atom. The quantitative estimate of drug-likeness (QED) is 0.718. The molecule has 0 spiro atoms. The van der Waals surface area contributed by atoms with Crippen LogP contribution in [-0.4, -0.2) is 24.4 Å². The van der Waals surface area contributed by atoms with E-state index >= 15 is 0 Å². The minimum Gasteiger partial charge on any atom is -0.375 e. The highest BCUT2D eigenvalue weighted by Crippen LogP contribution is 2.30.